The molecule has 12 bridgehead atoms. The molecule has 0 aromatic rings. The zero-order valence-electron chi connectivity index (χ0n) is 45.3. The molecule has 16 heterocycles. The van der Waals surface area contributed by atoms with Crippen molar-refractivity contribution in [2.75, 3.05) is 0 Å². The summed E-state index contributed by atoms with van der Waals surface area (Å²) in [7, 11) is 0. The van der Waals surface area contributed by atoms with Crippen molar-refractivity contribution in [3.63, 3.8) is 0 Å². The van der Waals surface area contributed by atoms with Gasteiger partial charge in [0.05, 0.1) is 110 Å². The Balaban J connectivity index is 0.678. The second-order valence-corrected chi connectivity index (χ2v) is 26.9. The van der Waals surface area contributed by atoms with Gasteiger partial charge in [-0.15, -0.1) is 0 Å². The van der Waals surface area contributed by atoms with Crippen LogP contribution in [0.15, 0.2) is 24.3 Å². The molecule has 0 amide bonds. The third-order valence-electron chi connectivity index (χ3n) is 21.6. The fourth-order valence-corrected chi connectivity index (χ4v) is 17.8. The van der Waals surface area contributed by atoms with Gasteiger partial charge in [0.2, 0.25) is 11.6 Å². The minimum Gasteiger partial charge on any atom is -0.459 e. The van der Waals surface area contributed by atoms with Crippen molar-refractivity contribution in [3.8, 4) is 0 Å². The number of carbonyl (C=O) groups is 1. The van der Waals surface area contributed by atoms with Gasteiger partial charge in [-0.25, -0.2) is 0 Å². The smallest absolute Gasteiger partial charge is 0.308 e. The van der Waals surface area contributed by atoms with Crippen LogP contribution in [0.1, 0.15) is 137 Å². The Morgan fingerprint density at radius 2 is 1.21 bits per heavy atom. The Hall–Kier alpha value is -1.73. The minimum atomic E-state index is -2.02. The van der Waals surface area contributed by atoms with Gasteiger partial charge in [-0.1, -0.05) is 40.9 Å². The molecule has 3 unspecified atom stereocenters. The lowest BCUT2D eigenvalue weighted by atomic mass is 9.78. The standard InChI is InChI=1S/C58H82O19/c1-24-14-31-8-10-35-25(2)15-33(64-35)12-13-57-54(61)58(62)53(77-57)52-51(76-58)50(75-57)49-36(68-52)11-9-32(66-49)16-44(60)70-48-29(6)47-40(67-39(48)18-37(65-31)28(24)5)19-38-42(69-47)22-56(71-38)23-43-46(74-56)27(4)21-55(73-43)20-26(3)45-41(72-55)17-34(59)30(7)63-45/h24,26-27,29-43,45-54,59,61-62H,2,5,8-23H2,1,3-4,6-7H3/t24-,26+,27+,29+,30-,31+,32-,33+,34-,35+,36+,37?,38-,39+,40+,41+,42-,43+,45+,46+,47+,48-,49+,50+,51+,52?,53+,54+,55-,56-,57-,58?/m1/s1. The largest absolute Gasteiger partial charge is 0.459 e. The Bertz CT molecular complexity index is 2340. The summed E-state index contributed by atoms with van der Waals surface area (Å²) in [6.07, 6.45) is -2.42. The molecule has 0 aromatic heterocycles. The zero-order chi connectivity index (χ0) is 52.8. The van der Waals surface area contributed by atoms with Crippen molar-refractivity contribution in [1.82, 2.24) is 0 Å². The second kappa shape index (κ2) is 18.6. The van der Waals surface area contributed by atoms with Crippen molar-refractivity contribution >= 4 is 5.97 Å². The topological polar surface area (TPSA) is 216 Å². The maximum absolute atomic E-state index is 14.6. The predicted molar refractivity (Wildman–Crippen MR) is 264 cm³/mol. The molecule has 0 radical (unpaired) electrons. The van der Waals surface area contributed by atoms with Crippen molar-refractivity contribution in [2.24, 2.45) is 23.7 Å². The Kier molecular flexibility index (Phi) is 12.6. The van der Waals surface area contributed by atoms with E-state index in [9.17, 15) is 20.1 Å². The monoisotopic (exact) mass is 1080 g/mol. The fraction of sp³-hybridized carbons (Fsp3) is 0.914. The minimum absolute atomic E-state index is 0.0227. The highest BCUT2D eigenvalue weighted by molar-refractivity contribution is 5.70. The molecule has 3 N–H and O–H groups in total. The number of hydrogen-bond acceptors (Lipinski definition) is 19. The maximum atomic E-state index is 14.6. The summed E-state index contributed by atoms with van der Waals surface area (Å²) in [5.41, 5.74) is 2.02. The van der Waals surface area contributed by atoms with Crippen molar-refractivity contribution < 1.29 is 91.2 Å². The van der Waals surface area contributed by atoms with Crippen LogP contribution in [-0.4, -0.2) is 191 Å². The van der Waals surface area contributed by atoms with Gasteiger partial charge in [-0.3, -0.25) is 4.79 Å². The highest BCUT2D eigenvalue weighted by atomic mass is 16.8. The van der Waals surface area contributed by atoms with E-state index < -0.39 is 102 Å². The van der Waals surface area contributed by atoms with Gasteiger partial charge in [-0.2, -0.15) is 0 Å². The normalized spacial score (nSPS) is 60.6. The van der Waals surface area contributed by atoms with Crippen LogP contribution in [0.2, 0.25) is 0 Å². The fourth-order valence-electron chi connectivity index (χ4n) is 17.8. The molecule has 16 rings (SSSR count). The number of esters is 1. The molecule has 32 atom stereocenters. The van der Waals surface area contributed by atoms with E-state index in [1.165, 1.54) is 0 Å². The first kappa shape index (κ1) is 52.1. The van der Waals surface area contributed by atoms with Crippen LogP contribution in [0, 0.1) is 23.7 Å². The third-order valence-corrected chi connectivity index (χ3v) is 21.6. The highest BCUT2D eigenvalue weighted by Crippen LogP contribution is 2.59. The van der Waals surface area contributed by atoms with Crippen LogP contribution in [0.4, 0.5) is 0 Å². The molecule has 16 aliphatic rings. The number of aliphatic hydroxyl groups is 3. The van der Waals surface area contributed by atoms with Crippen LogP contribution < -0.4 is 0 Å². The molecule has 19 nitrogen and oxygen atoms in total. The number of ether oxygens (including phenoxy) is 15. The summed E-state index contributed by atoms with van der Waals surface area (Å²) < 4.78 is 102. The highest BCUT2D eigenvalue weighted by Gasteiger charge is 2.79. The van der Waals surface area contributed by atoms with Gasteiger partial charge in [-0.05, 0) is 80.8 Å². The lowest BCUT2D eigenvalue weighted by molar-refractivity contribution is -0.370. The van der Waals surface area contributed by atoms with Crippen molar-refractivity contribution in [3.05, 3.63) is 24.3 Å². The van der Waals surface area contributed by atoms with E-state index >= 15 is 0 Å². The first-order valence-corrected chi connectivity index (χ1v) is 29.8. The van der Waals surface area contributed by atoms with Gasteiger partial charge in [0.25, 0.3) is 0 Å². The van der Waals surface area contributed by atoms with Crippen molar-refractivity contribution in [2.45, 2.75) is 307 Å². The van der Waals surface area contributed by atoms with Crippen LogP contribution in [0.3, 0.4) is 0 Å². The molecule has 0 saturated carbocycles. The summed E-state index contributed by atoms with van der Waals surface area (Å²) >= 11 is 0. The predicted octanol–water partition coefficient (Wildman–Crippen LogP) is 4.49. The first-order chi connectivity index (χ1) is 36.8. The van der Waals surface area contributed by atoms with Gasteiger partial charge < -0.3 is 86.4 Å². The van der Waals surface area contributed by atoms with Gasteiger partial charge in [0, 0.05) is 57.3 Å². The first-order valence-electron chi connectivity index (χ1n) is 29.8. The number of aliphatic hydroxyl groups excluding tert-OH is 2. The Morgan fingerprint density at radius 3 is 2.05 bits per heavy atom. The molecular formula is C58H82O19. The van der Waals surface area contributed by atoms with E-state index in [1.54, 1.807) is 0 Å². The molecule has 77 heavy (non-hydrogen) atoms. The van der Waals surface area contributed by atoms with Gasteiger partial charge in [0.15, 0.2) is 17.7 Å². The summed E-state index contributed by atoms with van der Waals surface area (Å²) in [6.45, 7) is 19.7. The molecular weight excluding hydrogens is 1000 g/mol. The quantitative estimate of drug-likeness (QED) is 0.225. The molecule has 0 aliphatic carbocycles. The molecule has 19 heteroatoms. The van der Waals surface area contributed by atoms with Gasteiger partial charge >= 0.3 is 5.97 Å². The lowest BCUT2D eigenvalue weighted by Crippen LogP contribution is -2.63. The van der Waals surface area contributed by atoms with Crippen molar-refractivity contribution in [1.29, 1.82) is 0 Å². The molecule has 16 aliphatic heterocycles. The second-order valence-electron chi connectivity index (χ2n) is 26.9. The van der Waals surface area contributed by atoms with E-state index in [0.717, 1.165) is 30.4 Å². The van der Waals surface area contributed by atoms with E-state index in [2.05, 4.69) is 40.9 Å². The maximum Gasteiger partial charge on any atom is 0.308 e. The van der Waals surface area contributed by atoms with Crippen LogP contribution >= 0.6 is 0 Å². The van der Waals surface area contributed by atoms with E-state index in [-0.39, 0.29) is 110 Å². The van der Waals surface area contributed by atoms with Crippen LogP contribution in [0.5, 0.6) is 0 Å². The Morgan fingerprint density at radius 1 is 0.506 bits per heavy atom. The van der Waals surface area contributed by atoms with Crippen LogP contribution in [0.25, 0.3) is 0 Å². The summed E-state index contributed by atoms with van der Waals surface area (Å²) in [6, 6.07) is 0. The average Bonchev–Trinajstić information content (AvgIpc) is 4.32. The Labute approximate surface area is 450 Å². The third kappa shape index (κ3) is 8.37. The number of carbonyl (C=O) groups excluding carboxylic acids is 1. The SMILES string of the molecule is C=C1C2C[C@@H]3O[C@H]4C[C@H]5O[C@]6(C[C@@H]7O[C@]8(C[C@H](C)[C@@H]9O[C@H](C)[C@H](O)C[C@@H]9O8)C[C@H](C)[C@@H]7O6)C[C@H]5O[C@H]4[C@H](C)[C@H]3OC(=O)C[C@H]3CC[C@@H]4OC5[C@H]6OC7(O)[C@@H](O)[C@](CC[C@H]8CC(=C)[C@H](CC[C@@H](C[C@H]1C)O2)O8)(O[C@H]6[C@H]4O3)O[C@@H]57. The van der Waals surface area contributed by atoms with Crippen LogP contribution in [-0.2, 0) is 75.8 Å². The lowest BCUT2D eigenvalue weighted by Gasteiger charge is -2.54. The van der Waals surface area contributed by atoms with E-state index in [0.29, 0.717) is 70.6 Å². The molecule has 3 spiro atoms. The molecule has 16 saturated heterocycles. The molecule has 428 valence electrons. The number of fused-ring (bicyclic) bond motifs is 10. The van der Waals surface area contributed by atoms with Gasteiger partial charge in [0.1, 0.15) is 36.6 Å². The number of rotatable bonds is 0. The van der Waals surface area contributed by atoms with E-state index in [1.807, 2.05) is 6.92 Å². The molecule has 16 fully saturated rings. The summed E-state index contributed by atoms with van der Waals surface area (Å²) in [5.74, 6) is -5.50. The van der Waals surface area contributed by atoms with E-state index in [4.69, 9.17) is 71.1 Å². The molecule has 0 aromatic carbocycles. The summed E-state index contributed by atoms with van der Waals surface area (Å²) in [4.78, 5) is 14.6. The average molecular weight is 1080 g/mol. The zero-order valence-corrected chi connectivity index (χ0v) is 45.3. The summed E-state index contributed by atoms with van der Waals surface area (Å²) in [5, 5.41) is 34.5. The number of hydrogen-bond donors (Lipinski definition) is 3.